The van der Waals surface area contributed by atoms with E-state index in [0.717, 1.165) is 11.1 Å². The Labute approximate surface area is 207 Å². The van der Waals surface area contributed by atoms with Crippen molar-refractivity contribution in [2.75, 3.05) is 13.7 Å². The molecular formula is C27H32N2O5S. The van der Waals surface area contributed by atoms with Crippen LogP contribution in [0.2, 0.25) is 0 Å². The normalized spacial score (nSPS) is 13.0. The van der Waals surface area contributed by atoms with Crippen molar-refractivity contribution in [3.05, 3.63) is 89.5 Å². The van der Waals surface area contributed by atoms with Gasteiger partial charge in [-0.3, -0.25) is 4.79 Å². The number of methoxy groups -OCH3 is 1. The lowest BCUT2D eigenvalue weighted by Gasteiger charge is -2.23. The van der Waals surface area contributed by atoms with E-state index in [4.69, 9.17) is 9.47 Å². The zero-order valence-electron chi connectivity index (χ0n) is 20.4. The van der Waals surface area contributed by atoms with E-state index in [0.29, 0.717) is 23.7 Å². The van der Waals surface area contributed by atoms with Gasteiger partial charge in [0.1, 0.15) is 17.5 Å². The first kappa shape index (κ1) is 26.2. The summed E-state index contributed by atoms with van der Waals surface area (Å²) in [6, 6.07) is 19.9. The number of benzene rings is 3. The average Bonchev–Trinajstić information content (AvgIpc) is 2.85. The van der Waals surface area contributed by atoms with Crippen molar-refractivity contribution >= 4 is 15.9 Å². The topological polar surface area (TPSA) is 93.7 Å². The molecule has 0 spiro atoms. The van der Waals surface area contributed by atoms with Crippen molar-refractivity contribution in [2.24, 2.45) is 0 Å². The Morgan fingerprint density at radius 3 is 2.31 bits per heavy atom. The number of hydrogen-bond acceptors (Lipinski definition) is 5. The largest absolute Gasteiger partial charge is 0.496 e. The van der Waals surface area contributed by atoms with Gasteiger partial charge < -0.3 is 14.8 Å². The fourth-order valence-electron chi connectivity index (χ4n) is 3.82. The molecule has 2 N–H and O–H groups in total. The molecule has 0 radical (unpaired) electrons. The number of hydrogen-bond donors (Lipinski definition) is 2. The maximum atomic E-state index is 13.3. The van der Waals surface area contributed by atoms with Gasteiger partial charge in [0.25, 0.3) is 0 Å². The lowest BCUT2D eigenvalue weighted by Crippen LogP contribution is -2.48. The molecule has 186 valence electrons. The second kappa shape index (κ2) is 11.9. The highest BCUT2D eigenvalue weighted by Crippen LogP contribution is 2.25. The van der Waals surface area contributed by atoms with Gasteiger partial charge in [-0.05, 0) is 62.6 Å². The number of carbonyl (C=O) groups excluding carboxylic acids is 1. The monoisotopic (exact) mass is 496 g/mol. The molecule has 0 heterocycles. The number of ether oxygens (including phenoxy) is 2. The summed E-state index contributed by atoms with van der Waals surface area (Å²) in [4.78, 5) is 13.4. The van der Waals surface area contributed by atoms with Crippen LogP contribution in [-0.4, -0.2) is 34.1 Å². The predicted octanol–water partition coefficient (Wildman–Crippen LogP) is 4.17. The van der Waals surface area contributed by atoms with Gasteiger partial charge in [-0.25, -0.2) is 8.42 Å². The van der Waals surface area contributed by atoms with Crippen LogP contribution in [0, 0.1) is 6.92 Å². The third-order valence-electron chi connectivity index (χ3n) is 5.62. The molecule has 0 aromatic heterocycles. The zero-order chi connectivity index (χ0) is 25.4. The van der Waals surface area contributed by atoms with Crippen LogP contribution in [0.15, 0.2) is 77.7 Å². The minimum atomic E-state index is -3.98. The van der Waals surface area contributed by atoms with Crippen molar-refractivity contribution in [3.8, 4) is 11.5 Å². The van der Waals surface area contributed by atoms with Gasteiger partial charge >= 0.3 is 0 Å². The molecule has 7 nitrogen and oxygen atoms in total. The molecule has 3 rings (SSSR count). The molecule has 0 saturated heterocycles. The number of sulfonamides is 1. The Hall–Kier alpha value is -3.36. The molecule has 0 saturated carbocycles. The second-order valence-electron chi connectivity index (χ2n) is 8.20. The summed E-state index contributed by atoms with van der Waals surface area (Å²) in [7, 11) is -2.42. The minimum Gasteiger partial charge on any atom is -0.496 e. The first-order valence-electron chi connectivity index (χ1n) is 11.5. The maximum Gasteiger partial charge on any atom is 0.241 e. The molecule has 0 aliphatic rings. The lowest BCUT2D eigenvalue weighted by molar-refractivity contribution is -0.123. The fraction of sp³-hybridized carbons (Fsp3) is 0.296. The van der Waals surface area contributed by atoms with Gasteiger partial charge in [-0.15, -0.1) is 0 Å². The van der Waals surface area contributed by atoms with E-state index >= 15 is 0 Å². The van der Waals surface area contributed by atoms with Crippen LogP contribution in [0.1, 0.15) is 36.6 Å². The average molecular weight is 497 g/mol. The molecule has 0 aliphatic carbocycles. The van der Waals surface area contributed by atoms with Gasteiger partial charge in [0.15, 0.2) is 0 Å². The van der Waals surface area contributed by atoms with Crippen LogP contribution in [0.4, 0.5) is 0 Å². The Bertz CT molecular complexity index is 1250. The summed E-state index contributed by atoms with van der Waals surface area (Å²) >= 11 is 0. The van der Waals surface area contributed by atoms with Crippen molar-refractivity contribution < 1.29 is 22.7 Å². The van der Waals surface area contributed by atoms with Crippen LogP contribution in [0.3, 0.4) is 0 Å². The van der Waals surface area contributed by atoms with Crippen molar-refractivity contribution in [3.63, 3.8) is 0 Å². The highest BCUT2D eigenvalue weighted by atomic mass is 32.2. The van der Waals surface area contributed by atoms with Gasteiger partial charge in [-0.2, -0.15) is 4.72 Å². The summed E-state index contributed by atoms with van der Waals surface area (Å²) < 4.78 is 40.1. The van der Waals surface area contributed by atoms with E-state index < -0.39 is 28.0 Å². The van der Waals surface area contributed by atoms with Crippen LogP contribution in [0.25, 0.3) is 0 Å². The van der Waals surface area contributed by atoms with E-state index in [1.807, 2.05) is 68.4 Å². The molecule has 0 bridgehead atoms. The summed E-state index contributed by atoms with van der Waals surface area (Å²) in [5.41, 5.74) is 2.33. The van der Waals surface area contributed by atoms with E-state index in [2.05, 4.69) is 10.0 Å². The number of para-hydroxylation sites is 1. The number of nitrogens with one attached hydrogen (secondary N) is 2. The third kappa shape index (κ3) is 6.83. The van der Waals surface area contributed by atoms with Crippen molar-refractivity contribution in [1.82, 2.24) is 10.0 Å². The zero-order valence-corrected chi connectivity index (χ0v) is 21.3. The SMILES string of the molecule is CCOc1ccc(S(=O)(=O)N[C@H](Cc2ccccc2)C(=O)N[C@H](C)c2ccccc2OC)cc1C. The molecular weight excluding hydrogens is 464 g/mol. The Morgan fingerprint density at radius 2 is 1.66 bits per heavy atom. The fourth-order valence-corrected chi connectivity index (χ4v) is 5.10. The molecule has 2 atom stereocenters. The number of carbonyl (C=O) groups is 1. The number of aryl methyl sites for hydroxylation is 1. The Balaban J connectivity index is 1.86. The Kier molecular flexibility index (Phi) is 8.89. The number of amides is 1. The van der Waals surface area contributed by atoms with Gasteiger partial charge in [-0.1, -0.05) is 48.5 Å². The lowest BCUT2D eigenvalue weighted by atomic mass is 10.0. The smallest absolute Gasteiger partial charge is 0.241 e. The second-order valence-corrected chi connectivity index (χ2v) is 9.91. The van der Waals surface area contributed by atoms with Gasteiger partial charge in [0, 0.05) is 5.56 Å². The molecule has 0 fully saturated rings. The minimum absolute atomic E-state index is 0.0714. The van der Waals surface area contributed by atoms with E-state index in [1.54, 1.807) is 26.2 Å². The van der Waals surface area contributed by atoms with E-state index in [9.17, 15) is 13.2 Å². The van der Waals surface area contributed by atoms with Crippen LogP contribution >= 0.6 is 0 Å². The third-order valence-corrected chi connectivity index (χ3v) is 7.09. The van der Waals surface area contributed by atoms with Gasteiger partial charge in [0.05, 0.1) is 24.7 Å². The highest BCUT2D eigenvalue weighted by Gasteiger charge is 2.28. The quantitative estimate of drug-likeness (QED) is 0.416. The van der Waals surface area contributed by atoms with Crippen LogP contribution in [-0.2, 0) is 21.2 Å². The molecule has 0 aliphatic heterocycles. The highest BCUT2D eigenvalue weighted by molar-refractivity contribution is 7.89. The summed E-state index contributed by atoms with van der Waals surface area (Å²) in [6.45, 7) is 5.96. The summed E-state index contributed by atoms with van der Waals surface area (Å²) in [6.07, 6.45) is 0.195. The maximum absolute atomic E-state index is 13.3. The van der Waals surface area contributed by atoms with Crippen molar-refractivity contribution in [2.45, 2.75) is 44.2 Å². The molecule has 35 heavy (non-hydrogen) atoms. The molecule has 8 heteroatoms. The molecule has 3 aromatic carbocycles. The van der Waals surface area contributed by atoms with Crippen LogP contribution < -0.4 is 19.5 Å². The predicted molar refractivity (Wildman–Crippen MR) is 136 cm³/mol. The Morgan fingerprint density at radius 1 is 0.971 bits per heavy atom. The standard InChI is InChI=1S/C27H32N2O5S/c1-5-34-25-16-15-22(17-19(25)2)35(31,32)29-24(18-21-11-7-6-8-12-21)27(30)28-20(3)23-13-9-10-14-26(23)33-4/h6-17,20,24,29H,5,18H2,1-4H3,(H,28,30)/t20-,24-/m1/s1. The van der Waals surface area contributed by atoms with E-state index in [-0.39, 0.29) is 11.3 Å². The molecule has 0 unspecified atom stereocenters. The van der Waals surface area contributed by atoms with Crippen LogP contribution in [0.5, 0.6) is 11.5 Å². The summed E-state index contributed by atoms with van der Waals surface area (Å²) in [5.74, 6) is 0.833. The first-order chi connectivity index (χ1) is 16.7. The van der Waals surface area contributed by atoms with Crippen molar-refractivity contribution in [1.29, 1.82) is 0 Å². The number of rotatable bonds is 11. The first-order valence-corrected chi connectivity index (χ1v) is 13.0. The van der Waals surface area contributed by atoms with E-state index in [1.165, 1.54) is 6.07 Å². The molecule has 3 aromatic rings. The summed E-state index contributed by atoms with van der Waals surface area (Å²) in [5, 5.41) is 2.94. The molecule has 1 amide bonds. The van der Waals surface area contributed by atoms with Gasteiger partial charge in [0.2, 0.25) is 15.9 Å².